The first-order valence-corrected chi connectivity index (χ1v) is 7.06. The summed E-state index contributed by atoms with van der Waals surface area (Å²) in [5.41, 5.74) is -0.147. The van der Waals surface area contributed by atoms with Gasteiger partial charge >= 0.3 is 6.03 Å². The molecule has 21 heavy (non-hydrogen) atoms. The molecule has 0 radical (unpaired) electrons. The van der Waals surface area contributed by atoms with Gasteiger partial charge in [-0.2, -0.15) is 0 Å². The summed E-state index contributed by atoms with van der Waals surface area (Å²) >= 11 is 0. The van der Waals surface area contributed by atoms with Crippen LogP contribution in [0.5, 0.6) is 5.75 Å². The van der Waals surface area contributed by atoms with Crippen LogP contribution in [0.3, 0.4) is 0 Å². The molecular formula is C15H19N3O3. The Hall–Kier alpha value is -2.08. The van der Waals surface area contributed by atoms with Gasteiger partial charge in [0.15, 0.2) is 0 Å². The molecule has 3 rings (SSSR count). The van der Waals surface area contributed by atoms with Crippen LogP contribution in [0, 0.1) is 0 Å². The zero-order valence-corrected chi connectivity index (χ0v) is 12.3. The highest BCUT2D eigenvalue weighted by atomic mass is 16.5. The molecule has 0 saturated carbocycles. The van der Waals surface area contributed by atoms with Crippen LogP contribution < -0.4 is 15.0 Å². The molecule has 0 bridgehead atoms. The zero-order valence-electron chi connectivity index (χ0n) is 12.3. The van der Waals surface area contributed by atoms with E-state index in [1.54, 1.807) is 18.1 Å². The summed E-state index contributed by atoms with van der Waals surface area (Å²) in [6.45, 7) is 1.57. The number of ether oxygens (including phenoxy) is 1. The molecule has 2 saturated heterocycles. The maximum atomic E-state index is 12.4. The highest BCUT2D eigenvalue weighted by Gasteiger charge is 2.54. The van der Waals surface area contributed by atoms with E-state index in [9.17, 15) is 9.59 Å². The van der Waals surface area contributed by atoms with E-state index in [-0.39, 0.29) is 11.9 Å². The van der Waals surface area contributed by atoms with Crippen molar-refractivity contribution in [1.29, 1.82) is 0 Å². The van der Waals surface area contributed by atoms with Crippen molar-refractivity contribution in [2.75, 3.05) is 32.1 Å². The number of hydrogen-bond acceptors (Lipinski definition) is 4. The molecule has 1 spiro atoms. The van der Waals surface area contributed by atoms with Gasteiger partial charge in [-0.1, -0.05) is 12.1 Å². The number of amides is 3. The summed E-state index contributed by atoms with van der Waals surface area (Å²) in [6, 6.07) is 6.94. The van der Waals surface area contributed by atoms with E-state index in [2.05, 4.69) is 10.2 Å². The lowest BCUT2D eigenvalue weighted by molar-refractivity contribution is -0.124. The number of rotatable bonds is 2. The minimum atomic E-state index is -0.793. The quantitative estimate of drug-likeness (QED) is 0.832. The molecule has 0 aromatic heterocycles. The third-order valence-corrected chi connectivity index (χ3v) is 4.41. The van der Waals surface area contributed by atoms with Crippen LogP contribution in [0.4, 0.5) is 10.5 Å². The normalized spacial score (nSPS) is 21.7. The van der Waals surface area contributed by atoms with Gasteiger partial charge in [-0.3, -0.25) is 15.0 Å². The van der Waals surface area contributed by atoms with Crippen molar-refractivity contribution < 1.29 is 14.3 Å². The van der Waals surface area contributed by atoms with Crippen molar-refractivity contribution in [2.45, 2.75) is 18.4 Å². The molecule has 2 aliphatic heterocycles. The van der Waals surface area contributed by atoms with Crippen LogP contribution in [-0.4, -0.2) is 49.6 Å². The smallest absolute Gasteiger partial charge is 0.329 e. The number of carbonyl (C=O) groups is 2. The second-order valence-corrected chi connectivity index (χ2v) is 5.60. The van der Waals surface area contributed by atoms with E-state index in [4.69, 9.17) is 4.74 Å². The number of benzene rings is 1. The molecule has 0 atom stereocenters. The van der Waals surface area contributed by atoms with E-state index in [1.165, 1.54) is 0 Å². The molecule has 0 aliphatic carbocycles. The van der Waals surface area contributed by atoms with Gasteiger partial charge in [0.05, 0.1) is 12.8 Å². The molecule has 3 amide bonds. The van der Waals surface area contributed by atoms with Crippen LogP contribution in [-0.2, 0) is 4.79 Å². The van der Waals surface area contributed by atoms with Crippen molar-refractivity contribution in [3.8, 4) is 5.75 Å². The van der Waals surface area contributed by atoms with Gasteiger partial charge in [0.2, 0.25) is 0 Å². The van der Waals surface area contributed by atoms with Crippen molar-refractivity contribution in [2.24, 2.45) is 0 Å². The summed E-state index contributed by atoms with van der Waals surface area (Å²) in [7, 11) is 3.59. The van der Waals surface area contributed by atoms with Crippen LogP contribution in [0.15, 0.2) is 24.3 Å². The molecule has 1 aromatic carbocycles. The molecule has 6 heteroatoms. The first-order valence-electron chi connectivity index (χ1n) is 7.06. The van der Waals surface area contributed by atoms with Crippen molar-refractivity contribution >= 4 is 17.6 Å². The minimum Gasteiger partial charge on any atom is -0.495 e. The monoisotopic (exact) mass is 289 g/mol. The largest absolute Gasteiger partial charge is 0.495 e. The van der Waals surface area contributed by atoms with Crippen LogP contribution >= 0.6 is 0 Å². The molecule has 2 aliphatic rings. The second kappa shape index (κ2) is 5.04. The van der Waals surface area contributed by atoms with Crippen LogP contribution in [0.2, 0.25) is 0 Å². The summed E-state index contributed by atoms with van der Waals surface area (Å²) in [5.74, 6) is 0.396. The highest BCUT2D eigenvalue weighted by Crippen LogP contribution is 2.40. The fourth-order valence-electron chi connectivity index (χ4n) is 3.16. The SMILES string of the molecule is COc1ccccc1N1C(=O)NC(=O)C12CCN(C)CC2. The molecule has 1 N–H and O–H groups in total. The summed E-state index contributed by atoms with van der Waals surface area (Å²) < 4.78 is 5.35. The standard InChI is InChI=1S/C15H19N3O3/c1-17-9-7-15(8-10-17)13(19)16-14(20)18(15)11-5-3-4-6-12(11)21-2/h3-6H,7-10H2,1-2H3,(H,16,19,20). The van der Waals surface area contributed by atoms with Gasteiger partial charge in [0, 0.05) is 13.1 Å². The van der Waals surface area contributed by atoms with E-state index >= 15 is 0 Å². The number of methoxy groups -OCH3 is 1. The summed E-state index contributed by atoms with van der Waals surface area (Å²) in [6.07, 6.45) is 1.25. The highest BCUT2D eigenvalue weighted by molar-refractivity contribution is 6.17. The fourth-order valence-corrected chi connectivity index (χ4v) is 3.16. The van der Waals surface area contributed by atoms with Gasteiger partial charge in [-0.25, -0.2) is 4.79 Å². The molecule has 0 unspecified atom stereocenters. The number of piperidine rings is 1. The number of urea groups is 1. The number of likely N-dealkylation sites (tertiary alicyclic amines) is 1. The molecular weight excluding hydrogens is 270 g/mol. The topological polar surface area (TPSA) is 61.9 Å². The predicted molar refractivity (Wildman–Crippen MR) is 78.5 cm³/mol. The van der Waals surface area contributed by atoms with E-state index in [0.717, 1.165) is 13.1 Å². The minimum absolute atomic E-state index is 0.202. The molecule has 112 valence electrons. The number of anilines is 1. The van der Waals surface area contributed by atoms with Gasteiger partial charge in [0.1, 0.15) is 11.3 Å². The zero-order chi connectivity index (χ0) is 15.0. The average Bonchev–Trinajstić information content (AvgIpc) is 2.73. The Morgan fingerprint density at radius 1 is 1.19 bits per heavy atom. The number of para-hydroxylation sites is 2. The Balaban J connectivity index is 2.06. The maximum Gasteiger partial charge on any atom is 0.329 e. The third kappa shape index (κ3) is 2.06. The molecule has 1 aromatic rings. The maximum absolute atomic E-state index is 12.4. The number of imide groups is 1. The van der Waals surface area contributed by atoms with E-state index < -0.39 is 5.54 Å². The van der Waals surface area contributed by atoms with Gasteiger partial charge < -0.3 is 9.64 Å². The lowest BCUT2D eigenvalue weighted by Crippen LogP contribution is -2.56. The Morgan fingerprint density at radius 3 is 2.52 bits per heavy atom. The molecule has 2 heterocycles. The summed E-state index contributed by atoms with van der Waals surface area (Å²) in [4.78, 5) is 28.5. The van der Waals surface area contributed by atoms with Gasteiger partial charge in [0.25, 0.3) is 5.91 Å². The third-order valence-electron chi connectivity index (χ3n) is 4.41. The van der Waals surface area contributed by atoms with Crippen LogP contribution in [0.25, 0.3) is 0 Å². The van der Waals surface area contributed by atoms with Gasteiger partial charge in [-0.15, -0.1) is 0 Å². The lowest BCUT2D eigenvalue weighted by Gasteiger charge is -2.41. The predicted octanol–water partition coefficient (Wildman–Crippen LogP) is 1.22. The fraction of sp³-hybridized carbons (Fsp3) is 0.467. The van der Waals surface area contributed by atoms with Crippen molar-refractivity contribution in [3.63, 3.8) is 0 Å². The Kier molecular flexibility index (Phi) is 3.33. The summed E-state index contributed by atoms with van der Waals surface area (Å²) in [5, 5.41) is 2.47. The van der Waals surface area contributed by atoms with Crippen molar-refractivity contribution in [3.05, 3.63) is 24.3 Å². The van der Waals surface area contributed by atoms with Gasteiger partial charge in [-0.05, 0) is 32.0 Å². The number of nitrogens with one attached hydrogen (secondary N) is 1. The lowest BCUT2D eigenvalue weighted by atomic mass is 9.86. The Morgan fingerprint density at radius 2 is 1.86 bits per heavy atom. The Labute approximate surface area is 123 Å². The Bertz CT molecular complexity index is 579. The first kappa shape index (κ1) is 13.9. The first-order chi connectivity index (χ1) is 10.1. The second-order valence-electron chi connectivity index (χ2n) is 5.60. The number of carbonyl (C=O) groups excluding carboxylic acids is 2. The number of nitrogens with zero attached hydrogens (tertiary/aromatic N) is 2. The molecule has 6 nitrogen and oxygen atoms in total. The van der Waals surface area contributed by atoms with Crippen molar-refractivity contribution in [1.82, 2.24) is 10.2 Å². The average molecular weight is 289 g/mol. The molecule has 2 fully saturated rings. The van der Waals surface area contributed by atoms with E-state index in [1.807, 2.05) is 25.2 Å². The van der Waals surface area contributed by atoms with Crippen LogP contribution in [0.1, 0.15) is 12.8 Å². The number of hydrogen-bond donors (Lipinski definition) is 1. The van der Waals surface area contributed by atoms with E-state index in [0.29, 0.717) is 24.3 Å².